The maximum atomic E-state index is 12.5. The van der Waals surface area contributed by atoms with E-state index in [-0.39, 0.29) is 6.42 Å². The molecule has 0 aliphatic carbocycles. The van der Waals surface area contributed by atoms with Crippen LogP contribution in [0, 0.1) is 22.7 Å². The van der Waals surface area contributed by atoms with E-state index in [1.807, 2.05) is 0 Å². The summed E-state index contributed by atoms with van der Waals surface area (Å²) in [6.45, 7) is 1.43. The van der Waals surface area contributed by atoms with Gasteiger partial charge in [-0.3, -0.25) is 4.79 Å². The first-order chi connectivity index (χ1) is 5.08. The van der Waals surface area contributed by atoms with E-state index in [4.69, 9.17) is 10.5 Å². The molecule has 0 saturated carbocycles. The highest BCUT2D eigenvalue weighted by Crippen LogP contribution is 2.10. The van der Waals surface area contributed by atoms with Crippen molar-refractivity contribution < 1.29 is 13.9 Å². The number of hydrogen-bond donors (Lipinski definition) is 0. The zero-order valence-corrected chi connectivity index (χ0v) is 5.80. The van der Waals surface area contributed by atoms with Gasteiger partial charge >= 0.3 is 11.8 Å². The minimum atomic E-state index is -3.13. The maximum absolute atomic E-state index is 12.5. The van der Waals surface area contributed by atoms with E-state index in [9.17, 15) is 9.18 Å². The van der Waals surface area contributed by atoms with E-state index in [0.29, 0.717) is 0 Å². The molecule has 0 atom stereocenters. The molecule has 0 aliphatic heterocycles. The van der Waals surface area contributed by atoms with E-state index in [1.165, 1.54) is 6.92 Å². The molecule has 0 saturated heterocycles. The molecule has 0 aliphatic rings. The van der Waals surface area contributed by atoms with Gasteiger partial charge in [0.05, 0.1) is 0 Å². The third kappa shape index (κ3) is 2.63. The van der Waals surface area contributed by atoms with Crippen molar-refractivity contribution in [1.82, 2.24) is 0 Å². The third-order valence-electron chi connectivity index (χ3n) is 0.831. The Kier molecular flexibility index (Phi) is 3.01. The van der Waals surface area contributed by atoms with Gasteiger partial charge in [-0.1, -0.05) is 6.92 Å². The van der Waals surface area contributed by atoms with Gasteiger partial charge < -0.3 is 4.74 Å². The Morgan fingerprint density at radius 2 is 2.09 bits per heavy atom. The van der Waals surface area contributed by atoms with Gasteiger partial charge in [0.15, 0.2) is 12.1 Å². The van der Waals surface area contributed by atoms with Crippen LogP contribution in [0.1, 0.15) is 13.3 Å². The van der Waals surface area contributed by atoms with Gasteiger partial charge in [-0.15, -0.1) is 0 Å². The number of halogens is 1. The summed E-state index contributed by atoms with van der Waals surface area (Å²) in [6, 6.07) is 1.84. The summed E-state index contributed by atoms with van der Waals surface area (Å²) in [5.74, 6) is -4.05. The van der Waals surface area contributed by atoms with Gasteiger partial charge in [0, 0.05) is 6.42 Å². The molecule has 0 unspecified atom stereocenters. The minimum Gasteiger partial charge on any atom is -0.404 e. The summed E-state index contributed by atoms with van der Waals surface area (Å²) >= 11 is 0. The summed E-state index contributed by atoms with van der Waals surface area (Å²) in [5.41, 5.74) is 0. The molecule has 0 rings (SSSR count). The molecular formula is C6H5FN2O2. The summed E-state index contributed by atoms with van der Waals surface area (Å²) in [5, 5.41) is 16.0. The quantitative estimate of drug-likeness (QED) is 0.550. The lowest BCUT2D eigenvalue weighted by molar-refractivity contribution is -0.160. The second-order valence-electron chi connectivity index (χ2n) is 1.65. The highest BCUT2D eigenvalue weighted by Gasteiger charge is 2.33. The molecular weight excluding hydrogens is 151 g/mol. The predicted octanol–water partition coefficient (Wildman–Crippen LogP) is 0.653. The van der Waals surface area contributed by atoms with Crippen molar-refractivity contribution >= 4 is 5.97 Å². The molecule has 0 bridgehead atoms. The smallest absolute Gasteiger partial charge is 0.404 e. The van der Waals surface area contributed by atoms with Crippen LogP contribution in [0.2, 0.25) is 0 Å². The molecule has 0 heterocycles. The average Bonchev–Trinajstić information content (AvgIpc) is 2.04. The van der Waals surface area contributed by atoms with Gasteiger partial charge in [0.2, 0.25) is 0 Å². The Morgan fingerprint density at radius 1 is 1.64 bits per heavy atom. The van der Waals surface area contributed by atoms with E-state index in [2.05, 4.69) is 4.74 Å². The predicted molar refractivity (Wildman–Crippen MR) is 31.4 cm³/mol. The van der Waals surface area contributed by atoms with E-state index in [0.717, 1.165) is 12.1 Å². The Hall–Kier alpha value is -1.62. The number of nitrogens with zero attached hydrogens (tertiary/aromatic N) is 2. The molecule has 0 aromatic rings. The van der Waals surface area contributed by atoms with Crippen LogP contribution < -0.4 is 0 Å². The Balaban J connectivity index is 4.26. The third-order valence-corrected chi connectivity index (χ3v) is 0.831. The molecule has 0 aromatic carbocycles. The number of hydrogen-bond acceptors (Lipinski definition) is 4. The van der Waals surface area contributed by atoms with Crippen molar-refractivity contribution in [2.24, 2.45) is 0 Å². The molecule has 4 nitrogen and oxygen atoms in total. The monoisotopic (exact) mass is 156 g/mol. The number of carbonyl (C=O) groups excluding carboxylic acids is 1. The summed E-state index contributed by atoms with van der Waals surface area (Å²) < 4.78 is 16.4. The standard InChI is InChI=1S/C6H5FN2O2/c1-2-5(10)11-6(7,3-8)4-9/h2H2,1H3. The van der Waals surface area contributed by atoms with Gasteiger partial charge in [-0.05, 0) is 0 Å². The van der Waals surface area contributed by atoms with Crippen molar-refractivity contribution in [3.63, 3.8) is 0 Å². The molecule has 0 amide bonds. The first kappa shape index (κ1) is 9.38. The Bertz CT molecular complexity index is 224. The number of carbonyl (C=O) groups is 1. The first-order valence-electron chi connectivity index (χ1n) is 2.81. The van der Waals surface area contributed by atoms with Gasteiger partial charge in [-0.2, -0.15) is 14.9 Å². The van der Waals surface area contributed by atoms with Gasteiger partial charge in [0.25, 0.3) is 0 Å². The number of rotatable bonds is 2. The zero-order valence-electron chi connectivity index (χ0n) is 5.80. The van der Waals surface area contributed by atoms with E-state index in [1.54, 1.807) is 0 Å². The number of alkyl halides is 1. The number of ether oxygens (including phenoxy) is 1. The van der Waals surface area contributed by atoms with Crippen molar-refractivity contribution in [3.8, 4) is 12.1 Å². The van der Waals surface area contributed by atoms with E-state index < -0.39 is 11.8 Å². The lowest BCUT2D eigenvalue weighted by Gasteiger charge is -2.07. The molecule has 58 valence electrons. The van der Waals surface area contributed by atoms with Crippen LogP contribution in [-0.4, -0.2) is 11.8 Å². The number of nitriles is 2. The molecule has 0 radical (unpaired) electrons. The molecule has 5 heteroatoms. The normalized spacial score (nSPS) is 9.45. The summed E-state index contributed by atoms with van der Waals surface area (Å²) in [4.78, 5) is 10.4. The summed E-state index contributed by atoms with van der Waals surface area (Å²) in [7, 11) is 0. The number of esters is 1. The van der Waals surface area contributed by atoms with Crippen molar-refractivity contribution in [1.29, 1.82) is 10.5 Å². The largest absolute Gasteiger partial charge is 0.428 e. The van der Waals surface area contributed by atoms with Crippen LogP contribution in [0.5, 0.6) is 0 Å². The fraction of sp³-hybridized carbons (Fsp3) is 0.500. The summed E-state index contributed by atoms with van der Waals surface area (Å²) in [6.07, 6.45) is -0.0744. The van der Waals surface area contributed by atoms with Crippen LogP contribution in [0.25, 0.3) is 0 Å². The van der Waals surface area contributed by atoms with Crippen LogP contribution in [0.4, 0.5) is 4.39 Å². The van der Waals surface area contributed by atoms with Crippen LogP contribution in [-0.2, 0) is 9.53 Å². The van der Waals surface area contributed by atoms with Gasteiger partial charge in [-0.25, -0.2) is 0 Å². The van der Waals surface area contributed by atoms with Crippen LogP contribution >= 0.6 is 0 Å². The molecule has 0 N–H and O–H groups in total. The molecule has 0 fully saturated rings. The fourth-order valence-corrected chi connectivity index (χ4v) is 0.300. The van der Waals surface area contributed by atoms with Crippen LogP contribution in [0.3, 0.4) is 0 Å². The van der Waals surface area contributed by atoms with Crippen molar-refractivity contribution in [2.75, 3.05) is 0 Å². The second kappa shape index (κ2) is 3.52. The van der Waals surface area contributed by atoms with Crippen LogP contribution in [0.15, 0.2) is 0 Å². The molecule has 0 aromatic heterocycles. The lowest BCUT2D eigenvalue weighted by atomic mass is 10.4. The highest BCUT2D eigenvalue weighted by atomic mass is 19.2. The molecule has 0 spiro atoms. The van der Waals surface area contributed by atoms with E-state index >= 15 is 0 Å². The van der Waals surface area contributed by atoms with Gasteiger partial charge in [0.1, 0.15) is 0 Å². The van der Waals surface area contributed by atoms with Crippen molar-refractivity contribution in [3.05, 3.63) is 0 Å². The van der Waals surface area contributed by atoms with Crippen molar-refractivity contribution in [2.45, 2.75) is 19.2 Å². The first-order valence-corrected chi connectivity index (χ1v) is 2.81. The zero-order chi connectivity index (χ0) is 8.91. The SMILES string of the molecule is CCC(=O)OC(F)(C#N)C#N. The molecule has 11 heavy (non-hydrogen) atoms. The lowest BCUT2D eigenvalue weighted by Crippen LogP contribution is -2.25. The Morgan fingerprint density at radius 3 is 2.36 bits per heavy atom. The topological polar surface area (TPSA) is 73.9 Å². The Labute approximate surface area is 62.8 Å². The average molecular weight is 156 g/mol. The minimum absolute atomic E-state index is 0.0744. The highest BCUT2D eigenvalue weighted by molar-refractivity contribution is 5.70. The maximum Gasteiger partial charge on any atom is 0.428 e. The fourth-order valence-electron chi connectivity index (χ4n) is 0.300. The second-order valence-corrected chi connectivity index (χ2v) is 1.65.